The zero-order valence-electron chi connectivity index (χ0n) is 17.6. The first-order valence-corrected chi connectivity index (χ1v) is 11.5. The van der Waals surface area contributed by atoms with Crippen molar-refractivity contribution in [1.29, 1.82) is 5.26 Å². The zero-order chi connectivity index (χ0) is 22.4. The Morgan fingerprint density at radius 1 is 1.42 bits per heavy atom. The van der Waals surface area contributed by atoms with Gasteiger partial charge in [-0.05, 0) is 43.8 Å². The molecule has 1 aromatic carbocycles. The van der Waals surface area contributed by atoms with Crippen molar-refractivity contribution in [3.05, 3.63) is 64.8 Å². The van der Waals surface area contributed by atoms with E-state index in [1.54, 1.807) is 17.5 Å². The van der Waals surface area contributed by atoms with Gasteiger partial charge in [-0.25, -0.2) is 0 Å². The van der Waals surface area contributed by atoms with Crippen LogP contribution in [0.25, 0.3) is 0 Å². The molecule has 1 unspecified atom stereocenters. The van der Waals surface area contributed by atoms with E-state index in [9.17, 15) is 4.79 Å². The highest BCUT2D eigenvalue weighted by Crippen LogP contribution is 2.28. The predicted molar refractivity (Wildman–Crippen MR) is 124 cm³/mol. The number of amides is 1. The van der Waals surface area contributed by atoms with Gasteiger partial charge in [0.1, 0.15) is 16.8 Å². The van der Waals surface area contributed by atoms with Gasteiger partial charge in [0.25, 0.3) is 0 Å². The van der Waals surface area contributed by atoms with Crippen LogP contribution in [0.15, 0.2) is 47.5 Å². The molecule has 2 aromatic heterocycles. The number of aromatic nitrogens is 3. The minimum Gasteiger partial charge on any atom is -0.482 e. The fraction of sp³-hybridized carbons (Fsp3) is 0.273. The van der Waals surface area contributed by atoms with Crippen LogP contribution in [0.5, 0.6) is 5.75 Å². The number of rotatable bonds is 9. The fourth-order valence-corrected chi connectivity index (χ4v) is 4.48. The highest BCUT2D eigenvalue weighted by atomic mass is 32.2. The number of carbonyl (C=O) groups is 1. The number of anilines is 1. The molecule has 31 heavy (non-hydrogen) atoms. The van der Waals surface area contributed by atoms with E-state index >= 15 is 0 Å². The van der Waals surface area contributed by atoms with Crippen molar-refractivity contribution in [3.63, 3.8) is 0 Å². The number of ether oxygens (including phenoxy) is 1. The summed E-state index contributed by atoms with van der Waals surface area (Å²) in [5, 5.41) is 23.3. The lowest BCUT2D eigenvalue weighted by Crippen LogP contribution is -2.15. The van der Waals surface area contributed by atoms with E-state index in [1.807, 2.05) is 37.5 Å². The summed E-state index contributed by atoms with van der Waals surface area (Å²) in [4.78, 5) is 12.3. The minimum atomic E-state index is -0.332. The maximum atomic E-state index is 12.3. The van der Waals surface area contributed by atoms with Crippen molar-refractivity contribution in [1.82, 2.24) is 14.8 Å². The maximum Gasteiger partial charge on any atom is 0.235 e. The number of hydrogen-bond donors (Lipinski definition) is 1. The number of aryl methyl sites for hydroxylation is 2. The molecule has 0 bridgehead atoms. The first-order chi connectivity index (χ1) is 14.9. The summed E-state index contributed by atoms with van der Waals surface area (Å²) in [6, 6.07) is 9.77. The van der Waals surface area contributed by atoms with Crippen molar-refractivity contribution in [3.8, 4) is 11.8 Å². The molecule has 9 heteroatoms. The summed E-state index contributed by atoms with van der Waals surface area (Å²) < 4.78 is 8.03. The molecular weight excluding hydrogens is 430 g/mol. The summed E-state index contributed by atoms with van der Waals surface area (Å²) in [6.45, 7) is 10.3. The van der Waals surface area contributed by atoms with Crippen LogP contribution in [-0.4, -0.2) is 26.4 Å². The number of carbonyl (C=O) groups excluding carboxylic acids is 1. The van der Waals surface area contributed by atoms with Crippen LogP contribution in [0, 0.1) is 25.2 Å². The molecule has 3 aromatic rings. The number of allylic oxidation sites excluding steroid dienone is 1. The van der Waals surface area contributed by atoms with E-state index in [0.29, 0.717) is 28.1 Å². The van der Waals surface area contributed by atoms with Crippen LogP contribution in [0.3, 0.4) is 0 Å². The molecule has 0 aliphatic heterocycles. The van der Waals surface area contributed by atoms with Gasteiger partial charge in [0.2, 0.25) is 5.91 Å². The lowest BCUT2D eigenvalue weighted by Gasteiger charge is -2.17. The van der Waals surface area contributed by atoms with Crippen molar-refractivity contribution >= 4 is 34.0 Å². The van der Waals surface area contributed by atoms with Crippen molar-refractivity contribution < 1.29 is 9.53 Å². The Kier molecular flexibility index (Phi) is 7.50. The molecule has 7 nitrogen and oxygen atoms in total. The molecule has 0 spiro atoms. The third-order valence-electron chi connectivity index (χ3n) is 4.43. The number of nitrogens with one attached hydrogen (secondary N) is 1. The molecule has 2 heterocycles. The molecule has 0 saturated carbocycles. The van der Waals surface area contributed by atoms with E-state index in [-0.39, 0.29) is 17.8 Å². The van der Waals surface area contributed by atoms with Crippen molar-refractivity contribution in [2.24, 2.45) is 0 Å². The lowest BCUT2D eigenvalue weighted by molar-refractivity contribution is -0.113. The van der Waals surface area contributed by atoms with E-state index in [0.717, 1.165) is 11.3 Å². The second kappa shape index (κ2) is 10.3. The van der Waals surface area contributed by atoms with E-state index < -0.39 is 0 Å². The van der Waals surface area contributed by atoms with Gasteiger partial charge in [-0.15, -0.1) is 28.1 Å². The number of nitriles is 1. The summed E-state index contributed by atoms with van der Waals surface area (Å²) in [5.41, 5.74) is 2.68. The van der Waals surface area contributed by atoms with Crippen molar-refractivity contribution in [2.45, 2.75) is 38.6 Å². The smallest absolute Gasteiger partial charge is 0.235 e. The second-order valence-electron chi connectivity index (χ2n) is 6.88. The number of hydrogen-bond acceptors (Lipinski definition) is 7. The molecule has 1 N–H and O–H groups in total. The van der Waals surface area contributed by atoms with E-state index in [4.69, 9.17) is 10.00 Å². The Labute approximate surface area is 189 Å². The molecule has 1 atom stereocenters. The highest BCUT2D eigenvalue weighted by Gasteiger charge is 2.20. The second-order valence-corrected chi connectivity index (χ2v) is 8.74. The average Bonchev–Trinajstić information content (AvgIpc) is 3.35. The van der Waals surface area contributed by atoms with Crippen LogP contribution < -0.4 is 10.1 Å². The molecule has 0 aliphatic rings. The number of thioether (sulfide) groups is 1. The zero-order valence-corrected chi connectivity index (χ0v) is 19.2. The molecule has 1 amide bonds. The normalized spacial score (nSPS) is 11.5. The van der Waals surface area contributed by atoms with Gasteiger partial charge in [-0.3, -0.25) is 9.36 Å². The van der Waals surface area contributed by atoms with Gasteiger partial charge in [0.05, 0.1) is 11.3 Å². The Morgan fingerprint density at radius 3 is 2.94 bits per heavy atom. The number of thiophene rings is 1. The first kappa shape index (κ1) is 22.6. The Bertz CT molecular complexity index is 1130. The molecule has 0 radical (unpaired) electrons. The monoisotopic (exact) mass is 453 g/mol. The van der Waals surface area contributed by atoms with Gasteiger partial charge in [-0.2, -0.15) is 5.26 Å². The Hall–Kier alpha value is -3.09. The Morgan fingerprint density at radius 2 is 2.23 bits per heavy atom. The number of nitrogens with zero attached hydrogens (tertiary/aromatic N) is 4. The molecule has 0 aliphatic carbocycles. The molecule has 0 fully saturated rings. The van der Waals surface area contributed by atoms with Gasteiger partial charge >= 0.3 is 0 Å². The summed E-state index contributed by atoms with van der Waals surface area (Å²) in [7, 11) is 0. The third kappa shape index (κ3) is 5.54. The van der Waals surface area contributed by atoms with Gasteiger partial charge in [0.15, 0.2) is 17.1 Å². The molecule has 160 valence electrons. The van der Waals surface area contributed by atoms with Crippen LogP contribution in [0.4, 0.5) is 5.00 Å². The summed E-state index contributed by atoms with van der Waals surface area (Å²) >= 11 is 2.60. The van der Waals surface area contributed by atoms with Gasteiger partial charge in [0, 0.05) is 6.54 Å². The third-order valence-corrected chi connectivity index (χ3v) is 6.22. The summed E-state index contributed by atoms with van der Waals surface area (Å²) in [6.07, 6.45) is 1.42. The Balaban J connectivity index is 1.70. The van der Waals surface area contributed by atoms with Crippen LogP contribution >= 0.6 is 23.1 Å². The van der Waals surface area contributed by atoms with Gasteiger partial charge in [-0.1, -0.05) is 35.5 Å². The van der Waals surface area contributed by atoms with Gasteiger partial charge < -0.3 is 10.1 Å². The van der Waals surface area contributed by atoms with Crippen molar-refractivity contribution in [2.75, 3.05) is 11.1 Å². The quantitative estimate of drug-likeness (QED) is 0.366. The fourth-order valence-electron chi connectivity index (χ4n) is 2.97. The predicted octanol–water partition coefficient (Wildman–Crippen LogP) is 4.88. The largest absolute Gasteiger partial charge is 0.482 e. The highest BCUT2D eigenvalue weighted by molar-refractivity contribution is 7.99. The van der Waals surface area contributed by atoms with Crippen LogP contribution in [0.2, 0.25) is 0 Å². The topological polar surface area (TPSA) is 92.8 Å². The molecular formula is C22H23N5O2S2. The van der Waals surface area contributed by atoms with E-state index in [2.05, 4.69) is 34.2 Å². The molecule has 3 rings (SSSR count). The lowest BCUT2D eigenvalue weighted by atomic mass is 10.1. The SMILES string of the molecule is C=CCn1c(SCC(=O)Nc2sccc2C#N)nnc1C(C)Oc1ccc(C)cc1C. The number of benzene rings is 1. The average molecular weight is 454 g/mol. The maximum absolute atomic E-state index is 12.3. The van der Waals surface area contributed by atoms with Crippen LogP contribution in [0.1, 0.15) is 35.5 Å². The summed E-state index contributed by atoms with van der Waals surface area (Å²) in [5.74, 6) is 1.39. The first-order valence-electron chi connectivity index (χ1n) is 9.61. The molecule has 0 saturated heterocycles. The van der Waals surface area contributed by atoms with Crippen LogP contribution in [-0.2, 0) is 11.3 Å². The minimum absolute atomic E-state index is 0.143. The van der Waals surface area contributed by atoms with E-state index in [1.165, 1.54) is 28.7 Å². The standard InChI is InChI=1S/C22H23N5O2S2/c1-5-9-27-20(16(4)29-18-7-6-14(2)11-15(18)3)25-26-22(27)31-13-19(28)24-21-17(12-23)8-10-30-21/h5-8,10-11,16H,1,9,13H2,2-4H3,(H,24,28).